The Morgan fingerprint density at radius 2 is 2.10 bits per heavy atom. The molecule has 2 aromatic rings. The van der Waals surface area contributed by atoms with E-state index in [0.717, 1.165) is 24.1 Å². The highest BCUT2D eigenvalue weighted by atomic mass is 35.5. The number of rotatable bonds is 4. The molecule has 1 aromatic heterocycles. The average Bonchev–Trinajstić information content (AvgIpc) is 2.83. The molecule has 1 aromatic carbocycles. The van der Waals surface area contributed by atoms with E-state index in [4.69, 9.17) is 11.6 Å². The summed E-state index contributed by atoms with van der Waals surface area (Å²) in [6.45, 7) is 2.06. The number of halogens is 1. The van der Waals surface area contributed by atoms with Crippen molar-refractivity contribution in [2.45, 2.75) is 19.8 Å². The number of benzene rings is 1. The molecule has 1 heterocycles. The van der Waals surface area contributed by atoms with Crippen LogP contribution in [0.3, 0.4) is 0 Å². The van der Waals surface area contributed by atoms with Gasteiger partial charge in [-0.15, -0.1) is 0 Å². The van der Waals surface area contributed by atoms with Gasteiger partial charge in [0, 0.05) is 10.6 Å². The van der Waals surface area contributed by atoms with Gasteiger partial charge >= 0.3 is 6.09 Å². The molecular weight excluding hydrogens is 278 g/mol. The lowest BCUT2D eigenvalue weighted by Crippen LogP contribution is -2.12. The third kappa shape index (κ3) is 3.11. The number of carbonyl (C=O) groups excluding carboxylic acids is 1. The third-order valence-corrected chi connectivity index (χ3v) is 3.12. The summed E-state index contributed by atoms with van der Waals surface area (Å²) in [6.07, 6.45) is 1.22. The van der Waals surface area contributed by atoms with Crippen molar-refractivity contribution in [3.8, 4) is 11.3 Å². The smallest absolute Gasteiger partial charge is 0.411 e. The lowest BCUT2D eigenvalue weighted by atomic mass is 10.1. The molecular formula is C14H16ClN3O2. The molecule has 0 aliphatic heterocycles. The second-order valence-electron chi connectivity index (χ2n) is 4.30. The maximum Gasteiger partial charge on any atom is 0.411 e. The monoisotopic (exact) mass is 293 g/mol. The van der Waals surface area contributed by atoms with E-state index in [1.807, 2.05) is 12.1 Å². The van der Waals surface area contributed by atoms with Gasteiger partial charge in [0.2, 0.25) is 0 Å². The summed E-state index contributed by atoms with van der Waals surface area (Å²) < 4.78 is 4.65. The van der Waals surface area contributed by atoms with Crippen LogP contribution in [-0.4, -0.2) is 23.4 Å². The molecule has 1 amide bonds. The Labute approximate surface area is 122 Å². The van der Waals surface area contributed by atoms with Crippen molar-refractivity contribution < 1.29 is 9.53 Å². The van der Waals surface area contributed by atoms with Crippen LogP contribution < -0.4 is 5.32 Å². The summed E-state index contributed by atoms with van der Waals surface area (Å²) in [7, 11) is 1.33. The van der Waals surface area contributed by atoms with Crippen LogP contribution in [0.25, 0.3) is 11.3 Å². The summed E-state index contributed by atoms with van der Waals surface area (Å²) in [4.78, 5) is 11.5. The predicted molar refractivity (Wildman–Crippen MR) is 79.1 cm³/mol. The van der Waals surface area contributed by atoms with Gasteiger partial charge in [0.25, 0.3) is 0 Å². The molecule has 0 unspecified atom stereocenters. The molecule has 2 rings (SSSR count). The quantitative estimate of drug-likeness (QED) is 0.899. The van der Waals surface area contributed by atoms with Crippen LogP contribution in [-0.2, 0) is 11.2 Å². The number of amides is 1. The van der Waals surface area contributed by atoms with Crippen LogP contribution in [0.5, 0.6) is 0 Å². The number of ether oxygens (including phenoxy) is 1. The standard InChI is InChI=1S/C14H16ClN3O2/c1-3-4-11-13(16-14(19)20-2)12(18-17-11)9-5-7-10(15)8-6-9/h5-8H,3-4H2,1-2H3,(H,16,19)(H,17,18). The summed E-state index contributed by atoms with van der Waals surface area (Å²) in [5, 5.41) is 10.6. The van der Waals surface area contributed by atoms with E-state index < -0.39 is 6.09 Å². The van der Waals surface area contributed by atoms with Crippen molar-refractivity contribution in [3.63, 3.8) is 0 Å². The Hall–Kier alpha value is -2.01. The minimum atomic E-state index is -0.515. The molecule has 0 fully saturated rings. The second kappa shape index (κ2) is 6.43. The van der Waals surface area contributed by atoms with Crippen molar-refractivity contribution in [2.24, 2.45) is 0 Å². The fourth-order valence-electron chi connectivity index (χ4n) is 1.91. The number of nitrogens with zero attached hydrogens (tertiary/aromatic N) is 1. The highest BCUT2D eigenvalue weighted by Crippen LogP contribution is 2.30. The van der Waals surface area contributed by atoms with E-state index in [9.17, 15) is 4.79 Å². The van der Waals surface area contributed by atoms with Crippen LogP contribution in [0, 0.1) is 0 Å². The van der Waals surface area contributed by atoms with E-state index in [0.29, 0.717) is 16.4 Å². The minimum absolute atomic E-state index is 0.515. The van der Waals surface area contributed by atoms with Crippen LogP contribution >= 0.6 is 11.6 Å². The predicted octanol–water partition coefficient (Wildman–Crippen LogP) is 3.86. The molecule has 0 atom stereocenters. The number of nitrogens with one attached hydrogen (secondary N) is 2. The molecule has 20 heavy (non-hydrogen) atoms. The van der Waals surface area contributed by atoms with Gasteiger partial charge in [-0.1, -0.05) is 37.1 Å². The van der Waals surface area contributed by atoms with Gasteiger partial charge in [0.15, 0.2) is 0 Å². The maximum absolute atomic E-state index is 11.5. The zero-order chi connectivity index (χ0) is 14.5. The first kappa shape index (κ1) is 14.4. The topological polar surface area (TPSA) is 67.0 Å². The fraction of sp³-hybridized carbons (Fsp3) is 0.286. The number of aromatic amines is 1. The second-order valence-corrected chi connectivity index (χ2v) is 4.74. The van der Waals surface area contributed by atoms with Gasteiger partial charge in [0.1, 0.15) is 5.69 Å². The Kier molecular flexibility index (Phi) is 4.63. The molecule has 0 bridgehead atoms. The van der Waals surface area contributed by atoms with Gasteiger partial charge in [-0.25, -0.2) is 4.79 Å². The first-order valence-electron chi connectivity index (χ1n) is 6.33. The lowest BCUT2D eigenvalue weighted by Gasteiger charge is -2.07. The number of hydrogen-bond acceptors (Lipinski definition) is 3. The highest BCUT2D eigenvalue weighted by Gasteiger charge is 2.16. The zero-order valence-electron chi connectivity index (χ0n) is 11.4. The van der Waals surface area contributed by atoms with Crippen LogP contribution in [0.1, 0.15) is 19.0 Å². The number of anilines is 1. The summed E-state index contributed by atoms with van der Waals surface area (Å²) in [5.41, 5.74) is 3.08. The van der Waals surface area contributed by atoms with E-state index in [1.54, 1.807) is 12.1 Å². The van der Waals surface area contributed by atoms with E-state index in [1.165, 1.54) is 7.11 Å². The summed E-state index contributed by atoms with van der Waals surface area (Å²) in [5.74, 6) is 0. The van der Waals surface area contributed by atoms with Gasteiger partial charge < -0.3 is 4.74 Å². The van der Waals surface area contributed by atoms with Gasteiger partial charge in [0.05, 0.1) is 18.5 Å². The number of H-pyrrole nitrogens is 1. The largest absolute Gasteiger partial charge is 0.453 e. The first-order valence-corrected chi connectivity index (χ1v) is 6.71. The highest BCUT2D eigenvalue weighted by molar-refractivity contribution is 6.30. The van der Waals surface area contributed by atoms with Gasteiger partial charge in [-0.05, 0) is 18.6 Å². The summed E-state index contributed by atoms with van der Waals surface area (Å²) >= 11 is 5.88. The molecule has 0 radical (unpaired) electrons. The van der Waals surface area contributed by atoms with Crippen molar-refractivity contribution >= 4 is 23.4 Å². The van der Waals surface area contributed by atoms with Crippen molar-refractivity contribution in [3.05, 3.63) is 35.0 Å². The maximum atomic E-state index is 11.5. The Balaban J connectivity index is 2.41. The number of aromatic nitrogens is 2. The van der Waals surface area contributed by atoms with E-state index in [2.05, 4.69) is 27.2 Å². The molecule has 0 saturated carbocycles. The van der Waals surface area contributed by atoms with Crippen molar-refractivity contribution in [1.29, 1.82) is 0 Å². The Bertz CT molecular complexity index is 593. The molecule has 0 saturated heterocycles. The fourth-order valence-corrected chi connectivity index (χ4v) is 2.04. The first-order chi connectivity index (χ1) is 9.65. The molecule has 0 spiro atoms. The molecule has 0 aliphatic rings. The van der Waals surface area contributed by atoms with Gasteiger partial charge in [-0.2, -0.15) is 5.10 Å². The average molecular weight is 294 g/mol. The molecule has 5 nitrogen and oxygen atoms in total. The van der Waals surface area contributed by atoms with Crippen LogP contribution in [0.4, 0.5) is 10.5 Å². The van der Waals surface area contributed by atoms with Crippen LogP contribution in [0.15, 0.2) is 24.3 Å². The molecule has 2 N–H and O–H groups in total. The number of methoxy groups -OCH3 is 1. The lowest BCUT2D eigenvalue weighted by molar-refractivity contribution is 0.187. The SMILES string of the molecule is CCCc1[nH]nc(-c2ccc(Cl)cc2)c1NC(=O)OC. The van der Waals surface area contributed by atoms with Gasteiger partial charge in [-0.3, -0.25) is 10.4 Å². The Morgan fingerprint density at radius 1 is 1.40 bits per heavy atom. The molecule has 0 aliphatic carbocycles. The number of hydrogen-bond donors (Lipinski definition) is 2. The van der Waals surface area contributed by atoms with E-state index in [-0.39, 0.29) is 0 Å². The van der Waals surface area contributed by atoms with Crippen molar-refractivity contribution in [1.82, 2.24) is 10.2 Å². The Morgan fingerprint density at radius 3 is 2.70 bits per heavy atom. The number of aryl methyl sites for hydroxylation is 1. The zero-order valence-corrected chi connectivity index (χ0v) is 12.1. The molecule has 106 valence electrons. The van der Waals surface area contributed by atoms with Crippen molar-refractivity contribution in [2.75, 3.05) is 12.4 Å². The molecule has 6 heteroatoms. The van der Waals surface area contributed by atoms with Crippen LogP contribution in [0.2, 0.25) is 5.02 Å². The normalized spacial score (nSPS) is 10.3. The number of carbonyl (C=O) groups is 1. The minimum Gasteiger partial charge on any atom is -0.453 e. The third-order valence-electron chi connectivity index (χ3n) is 2.87. The van der Waals surface area contributed by atoms with E-state index >= 15 is 0 Å². The summed E-state index contributed by atoms with van der Waals surface area (Å²) in [6, 6.07) is 7.29.